The zero-order valence-corrected chi connectivity index (χ0v) is 15.6. The van der Waals surface area contributed by atoms with Crippen molar-refractivity contribution in [2.24, 2.45) is 15.8 Å². The molecule has 0 aromatic heterocycles. The van der Waals surface area contributed by atoms with Gasteiger partial charge in [-0.1, -0.05) is 46.8 Å². The van der Waals surface area contributed by atoms with Gasteiger partial charge in [0.1, 0.15) is 5.84 Å². The van der Waals surface area contributed by atoms with Crippen LogP contribution in [0.15, 0.2) is 29.3 Å². The topological polar surface area (TPSA) is 32.7 Å². The van der Waals surface area contributed by atoms with Gasteiger partial charge in [-0.2, -0.15) is 0 Å². The van der Waals surface area contributed by atoms with E-state index in [1.807, 2.05) is 37.8 Å². The van der Waals surface area contributed by atoms with E-state index in [0.29, 0.717) is 6.54 Å². The highest BCUT2D eigenvalue weighted by atomic mass is 127. The Labute approximate surface area is 141 Å². The molecule has 1 aromatic carbocycles. The van der Waals surface area contributed by atoms with Gasteiger partial charge in [0, 0.05) is 33.1 Å². The number of amidine groups is 1. The summed E-state index contributed by atoms with van der Waals surface area (Å²) in [5, 5.41) is 0. The average Bonchev–Trinajstić information content (AvgIpc) is 2.37. The second kappa shape index (κ2) is 5.71. The summed E-state index contributed by atoms with van der Waals surface area (Å²) in [7, 11) is 0. The van der Waals surface area contributed by atoms with E-state index < -0.39 is 5.41 Å². The molecule has 4 heteroatoms. The molecule has 0 atom stereocenters. The number of halogens is 1. The summed E-state index contributed by atoms with van der Waals surface area (Å²) >= 11 is 2.28. The molecule has 0 saturated heterocycles. The van der Waals surface area contributed by atoms with Crippen molar-refractivity contribution in [2.45, 2.75) is 34.6 Å². The van der Waals surface area contributed by atoms with E-state index in [1.54, 1.807) is 0 Å². The number of carbonyl (C=O) groups is 1. The summed E-state index contributed by atoms with van der Waals surface area (Å²) in [5.41, 5.74) is 0.633. The predicted molar refractivity (Wildman–Crippen MR) is 95.5 cm³/mol. The van der Waals surface area contributed by atoms with Crippen LogP contribution in [0.3, 0.4) is 0 Å². The first kappa shape index (κ1) is 16.5. The van der Waals surface area contributed by atoms with E-state index in [1.165, 1.54) is 3.57 Å². The molecule has 21 heavy (non-hydrogen) atoms. The van der Waals surface area contributed by atoms with Crippen LogP contribution in [0.4, 0.5) is 0 Å². The Morgan fingerprint density at radius 1 is 1.24 bits per heavy atom. The van der Waals surface area contributed by atoms with Crippen molar-refractivity contribution in [3.05, 3.63) is 33.4 Å². The fraction of sp³-hybridized carbons (Fsp3) is 0.529. The number of nitrogens with zero attached hydrogens (tertiary/aromatic N) is 2. The summed E-state index contributed by atoms with van der Waals surface area (Å²) in [6.07, 6.45) is 0. The van der Waals surface area contributed by atoms with Crippen molar-refractivity contribution in [1.82, 2.24) is 4.90 Å². The first-order chi connectivity index (χ1) is 9.60. The fourth-order valence-electron chi connectivity index (χ4n) is 2.35. The van der Waals surface area contributed by atoms with Crippen LogP contribution in [0.2, 0.25) is 0 Å². The Balaban J connectivity index is 2.43. The molecular weight excluding hydrogens is 375 g/mol. The summed E-state index contributed by atoms with van der Waals surface area (Å²) in [5.74, 6) is 0.943. The Hall–Kier alpha value is -0.910. The minimum atomic E-state index is -0.405. The van der Waals surface area contributed by atoms with Crippen LogP contribution < -0.4 is 0 Å². The standard InChI is InChI=1S/C17H23IN2O/c1-16(2,3)15(21)20-11-17(4,5)10-19-14(20)12-6-8-13(18)9-7-12/h6-9H,10-11H2,1-5H3. The van der Waals surface area contributed by atoms with Gasteiger partial charge < -0.3 is 0 Å². The molecule has 1 heterocycles. The third kappa shape index (κ3) is 3.84. The van der Waals surface area contributed by atoms with Gasteiger partial charge in [0.2, 0.25) is 5.91 Å². The van der Waals surface area contributed by atoms with E-state index in [9.17, 15) is 4.79 Å². The Bertz CT molecular complexity index is 567. The number of rotatable bonds is 1. The molecule has 0 unspecified atom stereocenters. The van der Waals surface area contributed by atoms with E-state index in [2.05, 4.69) is 48.6 Å². The second-order valence-corrected chi connectivity index (χ2v) is 8.70. The van der Waals surface area contributed by atoms with Crippen LogP contribution in [0.25, 0.3) is 0 Å². The van der Waals surface area contributed by atoms with Gasteiger partial charge >= 0.3 is 0 Å². The molecule has 1 aliphatic heterocycles. The normalized spacial score (nSPS) is 18.4. The highest BCUT2D eigenvalue weighted by molar-refractivity contribution is 14.1. The lowest BCUT2D eigenvalue weighted by Crippen LogP contribution is -2.51. The Morgan fingerprint density at radius 3 is 2.33 bits per heavy atom. The highest BCUT2D eigenvalue weighted by Crippen LogP contribution is 2.28. The van der Waals surface area contributed by atoms with Crippen LogP contribution in [0.5, 0.6) is 0 Å². The quantitative estimate of drug-likeness (QED) is 0.660. The summed E-state index contributed by atoms with van der Waals surface area (Å²) in [4.78, 5) is 19.4. The monoisotopic (exact) mass is 398 g/mol. The Morgan fingerprint density at radius 2 is 1.81 bits per heavy atom. The summed E-state index contributed by atoms with van der Waals surface area (Å²) in [6.45, 7) is 11.7. The molecule has 0 saturated carbocycles. The molecule has 1 aliphatic rings. The predicted octanol–water partition coefficient (Wildman–Crippen LogP) is 3.95. The number of aliphatic imine (C=N–C) groups is 1. The smallest absolute Gasteiger partial charge is 0.233 e. The maximum Gasteiger partial charge on any atom is 0.233 e. The number of carbonyl (C=O) groups excluding carboxylic acids is 1. The second-order valence-electron chi connectivity index (χ2n) is 7.45. The third-order valence-electron chi connectivity index (χ3n) is 3.49. The fourth-order valence-corrected chi connectivity index (χ4v) is 2.71. The number of hydrogen-bond acceptors (Lipinski definition) is 2. The van der Waals surface area contributed by atoms with Gasteiger partial charge in [-0.25, -0.2) is 0 Å². The molecule has 3 nitrogen and oxygen atoms in total. The van der Waals surface area contributed by atoms with Crippen molar-refractivity contribution in [3.63, 3.8) is 0 Å². The lowest BCUT2D eigenvalue weighted by molar-refractivity contribution is -0.136. The van der Waals surface area contributed by atoms with E-state index in [0.717, 1.165) is 17.9 Å². The van der Waals surface area contributed by atoms with Gasteiger partial charge in [0.25, 0.3) is 0 Å². The van der Waals surface area contributed by atoms with Crippen LogP contribution in [-0.4, -0.2) is 29.7 Å². The Kier molecular flexibility index (Phi) is 4.47. The molecule has 0 N–H and O–H groups in total. The highest BCUT2D eigenvalue weighted by Gasteiger charge is 2.37. The minimum absolute atomic E-state index is 0.0214. The summed E-state index contributed by atoms with van der Waals surface area (Å²) in [6, 6.07) is 8.19. The first-order valence-corrected chi connectivity index (χ1v) is 8.30. The van der Waals surface area contributed by atoms with E-state index >= 15 is 0 Å². The molecule has 114 valence electrons. The van der Waals surface area contributed by atoms with Gasteiger partial charge in [0.05, 0.1) is 0 Å². The maximum atomic E-state index is 12.8. The number of hydrogen-bond donors (Lipinski definition) is 0. The third-order valence-corrected chi connectivity index (χ3v) is 4.21. The maximum absolute atomic E-state index is 12.8. The zero-order chi connectivity index (χ0) is 15.8. The first-order valence-electron chi connectivity index (χ1n) is 7.22. The van der Waals surface area contributed by atoms with Crippen LogP contribution >= 0.6 is 22.6 Å². The van der Waals surface area contributed by atoms with Crippen molar-refractivity contribution in [3.8, 4) is 0 Å². The minimum Gasteiger partial charge on any atom is -0.296 e. The number of amides is 1. The van der Waals surface area contributed by atoms with Crippen molar-refractivity contribution < 1.29 is 4.79 Å². The molecule has 0 radical (unpaired) electrons. The van der Waals surface area contributed by atoms with E-state index in [-0.39, 0.29) is 11.3 Å². The van der Waals surface area contributed by atoms with Gasteiger partial charge in [-0.15, -0.1) is 0 Å². The van der Waals surface area contributed by atoms with Gasteiger partial charge in [0.15, 0.2) is 0 Å². The molecular formula is C17H23IN2O. The molecule has 2 rings (SSSR count). The molecule has 0 bridgehead atoms. The van der Waals surface area contributed by atoms with Gasteiger partial charge in [-0.3, -0.25) is 14.7 Å². The number of benzene rings is 1. The van der Waals surface area contributed by atoms with E-state index in [4.69, 9.17) is 4.99 Å². The zero-order valence-electron chi connectivity index (χ0n) is 13.4. The lowest BCUT2D eigenvalue weighted by atomic mass is 9.87. The van der Waals surface area contributed by atoms with Crippen LogP contribution in [-0.2, 0) is 4.79 Å². The van der Waals surface area contributed by atoms with Crippen molar-refractivity contribution in [1.29, 1.82) is 0 Å². The molecule has 0 fully saturated rings. The van der Waals surface area contributed by atoms with Crippen molar-refractivity contribution >= 4 is 34.3 Å². The largest absolute Gasteiger partial charge is 0.296 e. The van der Waals surface area contributed by atoms with Crippen molar-refractivity contribution in [2.75, 3.05) is 13.1 Å². The molecule has 1 aromatic rings. The molecule has 0 spiro atoms. The lowest BCUT2D eigenvalue weighted by Gasteiger charge is -2.39. The van der Waals surface area contributed by atoms with Crippen LogP contribution in [0.1, 0.15) is 40.2 Å². The summed E-state index contributed by atoms with van der Waals surface area (Å²) < 4.78 is 1.18. The SMILES string of the molecule is CC1(C)CN=C(c2ccc(I)cc2)N(C(=O)C(C)(C)C)C1. The van der Waals surface area contributed by atoms with Gasteiger partial charge in [-0.05, 0) is 34.7 Å². The molecule has 1 amide bonds. The molecule has 0 aliphatic carbocycles. The average molecular weight is 398 g/mol. The van der Waals surface area contributed by atoms with Crippen LogP contribution in [0, 0.1) is 14.4 Å².